The fourth-order valence-corrected chi connectivity index (χ4v) is 1.27. The fourth-order valence-electron chi connectivity index (χ4n) is 1.27. The molecule has 4 N–H and O–H groups in total. The number of benzene rings is 1. The van der Waals surface area contributed by atoms with Crippen LogP contribution in [0.3, 0.4) is 0 Å². The minimum absolute atomic E-state index is 0.474. The maximum atomic E-state index is 5.77. The van der Waals surface area contributed by atoms with E-state index in [0.29, 0.717) is 6.04 Å². The first-order chi connectivity index (χ1) is 6.65. The van der Waals surface area contributed by atoms with Crippen molar-refractivity contribution in [1.29, 1.82) is 0 Å². The summed E-state index contributed by atoms with van der Waals surface area (Å²) in [4.78, 5) is 0. The molecular weight excluding hydrogens is 174 g/mol. The van der Waals surface area contributed by atoms with Gasteiger partial charge in [-0.1, -0.05) is 6.92 Å². The fraction of sp³-hybridized carbons (Fsp3) is 0.455. The maximum absolute atomic E-state index is 5.77. The predicted octanol–water partition coefficient (Wildman–Crippen LogP) is 2.52. The van der Waals surface area contributed by atoms with Gasteiger partial charge in [-0.2, -0.15) is 0 Å². The Morgan fingerprint density at radius 1 is 1.29 bits per heavy atom. The van der Waals surface area contributed by atoms with Crippen LogP contribution < -0.4 is 16.4 Å². The number of nitrogens with two attached hydrogens (primary N) is 1. The van der Waals surface area contributed by atoms with E-state index in [9.17, 15) is 0 Å². The van der Waals surface area contributed by atoms with Crippen LogP contribution in [0.1, 0.15) is 20.3 Å². The van der Waals surface area contributed by atoms with Gasteiger partial charge in [0.1, 0.15) is 0 Å². The second-order valence-corrected chi connectivity index (χ2v) is 3.55. The molecule has 14 heavy (non-hydrogen) atoms. The van der Waals surface area contributed by atoms with Crippen LogP contribution in [0.5, 0.6) is 0 Å². The van der Waals surface area contributed by atoms with E-state index in [-0.39, 0.29) is 0 Å². The molecule has 1 atom stereocenters. The van der Waals surface area contributed by atoms with E-state index in [0.717, 1.165) is 23.5 Å². The standard InChI is InChI=1S/C11H19N3/c1-4-8(2)14-11-6-9(12)5-10(7-11)13-3/h5-8,13-14H,4,12H2,1-3H3. The molecule has 0 saturated heterocycles. The topological polar surface area (TPSA) is 50.1 Å². The largest absolute Gasteiger partial charge is 0.399 e. The number of nitrogen functional groups attached to an aromatic ring is 1. The van der Waals surface area contributed by atoms with E-state index in [1.165, 1.54) is 0 Å². The number of anilines is 3. The second-order valence-electron chi connectivity index (χ2n) is 3.55. The van der Waals surface area contributed by atoms with Gasteiger partial charge in [0.25, 0.3) is 0 Å². The molecule has 0 heterocycles. The van der Waals surface area contributed by atoms with E-state index in [1.807, 2.05) is 19.2 Å². The molecule has 78 valence electrons. The third kappa shape index (κ3) is 2.83. The lowest BCUT2D eigenvalue weighted by molar-refractivity contribution is 0.764. The van der Waals surface area contributed by atoms with Crippen LogP contribution in [0.4, 0.5) is 17.1 Å². The minimum Gasteiger partial charge on any atom is -0.399 e. The Kier molecular flexibility index (Phi) is 3.63. The molecule has 0 radical (unpaired) electrons. The normalized spacial score (nSPS) is 12.2. The van der Waals surface area contributed by atoms with Crippen LogP contribution in [-0.2, 0) is 0 Å². The van der Waals surface area contributed by atoms with Crippen LogP contribution in [0, 0.1) is 0 Å². The van der Waals surface area contributed by atoms with Gasteiger partial charge in [-0.3, -0.25) is 0 Å². The van der Waals surface area contributed by atoms with E-state index in [1.54, 1.807) is 0 Å². The molecule has 1 rings (SSSR count). The van der Waals surface area contributed by atoms with Gasteiger partial charge in [0, 0.05) is 30.2 Å². The van der Waals surface area contributed by atoms with Crippen LogP contribution in [0.15, 0.2) is 18.2 Å². The Balaban J connectivity index is 2.81. The Bertz CT molecular complexity index is 297. The zero-order chi connectivity index (χ0) is 10.6. The highest BCUT2D eigenvalue weighted by Crippen LogP contribution is 2.20. The third-order valence-corrected chi connectivity index (χ3v) is 2.27. The highest BCUT2D eigenvalue weighted by Gasteiger charge is 2.00. The molecule has 0 aliphatic carbocycles. The first-order valence-electron chi connectivity index (χ1n) is 5.00. The van der Waals surface area contributed by atoms with E-state index < -0.39 is 0 Å². The molecule has 0 amide bonds. The summed E-state index contributed by atoms with van der Waals surface area (Å²) in [7, 11) is 1.89. The van der Waals surface area contributed by atoms with Gasteiger partial charge in [0.15, 0.2) is 0 Å². The number of hydrogen-bond donors (Lipinski definition) is 3. The molecule has 0 spiro atoms. The summed E-state index contributed by atoms with van der Waals surface area (Å²) in [6, 6.07) is 6.40. The molecule has 3 nitrogen and oxygen atoms in total. The molecule has 1 aromatic rings. The van der Waals surface area contributed by atoms with Crippen LogP contribution in [-0.4, -0.2) is 13.1 Å². The Labute approximate surface area is 85.7 Å². The van der Waals surface area contributed by atoms with Gasteiger partial charge in [-0.05, 0) is 31.5 Å². The smallest absolute Gasteiger partial charge is 0.0383 e. The molecule has 0 bridgehead atoms. The minimum atomic E-state index is 0.474. The van der Waals surface area contributed by atoms with Crippen molar-refractivity contribution in [1.82, 2.24) is 0 Å². The first-order valence-corrected chi connectivity index (χ1v) is 5.00. The lowest BCUT2D eigenvalue weighted by atomic mass is 10.2. The lowest BCUT2D eigenvalue weighted by Crippen LogP contribution is -2.13. The molecule has 0 fully saturated rings. The zero-order valence-electron chi connectivity index (χ0n) is 9.09. The van der Waals surface area contributed by atoms with Crippen molar-refractivity contribution >= 4 is 17.1 Å². The summed E-state index contributed by atoms with van der Waals surface area (Å²) in [6.07, 6.45) is 1.10. The Hall–Kier alpha value is -1.38. The summed E-state index contributed by atoms with van der Waals surface area (Å²) >= 11 is 0. The Morgan fingerprint density at radius 3 is 2.50 bits per heavy atom. The molecule has 0 saturated carbocycles. The van der Waals surface area contributed by atoms with Gasteiger partial charge >= 0.3 is 0 Å². The summed E-state index contributed by atoms with van der Waals surface area (Å²) in [5, 5.41) is 6.47. The molecule has 0 aliphatic rings. The van der Waals surface area contributed by atoms with Crippen LogP contribution >= 0.6 is 0 Å². The van der Waals surface area contributed by atoms with Crippen molar-refractivity contribution in [2.45, 2.75) is 26.3 Å². The van der Waals surface area contributed by atoms with Crippen molar-refractivity contribution in [2.75, 3.05) is 23.4 Å². The van der Waals surface area contributed by atoms with E-state index >= 15 is 0 Å². The average Bonchev–Trinajstić information content (AvgIpc) is 2.16. The maximum Gasteiger partial charge on any atom is 0.0383 e. The van der Waals surface area contributed by atoms with Gasteiger partial charge in [-0.15, -0.1) is 0 Å². The van der Waals surface area contributed by atoms with Crippen molar-refractivity contribution in [3.8, 4) is 0 Å². The summed E-state index contributed by atoms with van der Waals surface area (Å²) in [5.41, 5.74) is 8.66. The van der Waals surface area contributed by atoms with Gasteiger partial charge < -0.3 is 16.4 Å². The van der Waals surface area contributed by atoms with Crippen molar-refractivity contribution in [2.24, 2.45) is 0 Å². The Morgan fingerprint density at radius 2 is 1.93 bits per heavy atom. The van der Waals surface area contributed by atoms with Crippen molar-refractivity contribution in [3.63, 3.8) is 0 Å². The average molecular weight is 193 g/mol. The van der Waals surface area contributed by atoms with Crippen molar-refractivity contribution < 1.29 is 0 Å². The quantitative estimate of drug-likeness (QED) is 0.644. The predicted molar refractivity (Wildman–Crippen MR) is 63.8 cm³/mol. The lowest BCUT2D eigenvalue weighted by Gasteiger charge is -2.14. The highest BCUT2D eigenvalue weighted by molar-refractivity contribution is 5.65. The molecule has 1 unspecified atom stereocenters. The van der Waals surface area contributed by atoms with Gasteiger partial charge in [0.2, 0.25) is 0 Å². The van der Waals surface area contributed by atoms with E-state index in [2.05, 4.69) is 30.5 Å². The van der Waals surface area contributed by atoms with Crippen LogP contribution in [0.25, 0.3) is 0 Å². The number of rotatable bonds is 4. The SMILES string of the molecule is CCC(C)Nc1cc(N)cc(NC)c1. The zero-order valence-corrected chi connectivity index (χ0v) is 9.09. The first kappa shape index (κ1) is 10.7. The number of hydrogen-bond acceptors (Lipinski definition) is 3. The third-order valence-electron chi connectivity index (χ3n) is 2.27. The van der Waals surface area contributed by atoms with Gasteiger partial charge in [0.05, 0.1) is 0 Å². The number of nitrogens with one attached hydrogen (secondary N) is 2. The summed E-state index contributed by atoms with van der Waals surface area (Å²) < 4.78 is 0. The summed E-state index contributed by atoms with van der Waals surface area (Å²) in [5.74, 6) is 0. The highest BCUT2D eigenvalue weighted by atomic mass is 14.9. The summed E-state index contributed by atoms with van der Waals surface area (Å²) in [6.45, 7) is 4.31. The molecule has 0 aromatic heterocycles. The molecule has 0 aliphatic heterocycles. The van der Waals surface area contributed by atoms with Crippen LogP contribution in [0.2, 0.25) is 0 Å². The molecule has 1 aromatic carbocycles. The molecular formula is C11H19N3. The molecule has 3 heteroatoms. The second kappa shape index (κ2) is 4.74. The van der Waals surface area contributed by atoms with Crippen molar-refractivity contribution in [3.05, 3.63) is 18.2 Å². The van der Waals surface area contributed by atoms with Gasteiger partial charge in [-0.25, -0.2) is 0 Å². The monoisotopic (exact) mass is 193 g/mol. The van der Waals surface area contributed by atoms with E-state index in [4.69, 9.17) is 5.73 Å².